The highest BCUT2D eigenvalue weighted by molar-refractivity contribution is 6.04. The summed E-state index contributed by atoms with van der Waals surface area (Å²) >= 11 is 0. The molecule has 3 aromatic rings. The lowest BCUT2D eigenvalue weighted by molar-refractivity contribution is 0.101. The molecule has 1 amide bonds. The monoisotopic (exact) mass is 367 g/mol. The molecule has 1 aromatic carbocycles. The standard InChI is InChI=1S/C19H21N5O3/c1-11-17(12(2)21-19(20-11)27-5)22-18(25)16-10-15(23-24(16)3)13-7-6-8-14(9-13)26-4/h6-10H,1-5H3,(H,22,25). The predicted molar refractivity (Wildman–Crippen MR) is 101 cm³/mol. The summed E-state index contributed by atoms with van der Waals surface area (Å²) in [5.74, 6) is 0.435. The van der Waals surface area contributed by atoms with Gasteiger partial charge >= 0.3 is 6.01 Å². The number of nitrogens with zero attached hydrogens (tertiary/aromatic N) is 4. The van der Waals surface area contributed by atoms with Gasteiger partial charge in [0.2, 0.25) is 0 Å². The Morgan fingerprint density at radius 2 is 1.78 bits per heavy atom. The fourth-order valence-electron chi connectivity index (χ4n) is 2.74. The van der Waals surface area contributed by atoms with Crippen molar-refractivity contribution in [2.45, 2.75) is 13.8 Å². The van der Waals surface area contributed by atoms with Crippen LogP contribution in [0.1, 0.15) is 21.9 Å². The first-order valence-corrected chi connectivity index (χ1v) is 8.32. The molecule has 8 heteroatoms. The van der Waals surface area contributed by atoms with Crippen molar-refractivity contribution < 1.29 is 14.3 Å². The number of aromatic nitrogens is 4. The number of amides is 1. The second kappa shape index (κ2) is 7.45. The van der Waals surface area contributed by atoms with Crippen LogP contribution in [-0.2, 0) is 7.05 Å². The SMILES string of the molecule is COc1cccc(-c2cc(C(=O)Nc3c(C)nc(OC)nc3C)n(C)n2)c1. The van der Waals surface area contributed by atoms with E-state index in [4.69, 9.17) is 9.47 Å². The summed E-state index contributed by atoms with van der Waals surface area (Å²) in [7, 11) is 4.84. The lowest BCUT2D eigenvalue weighted by Crippen LogP contribution is -2.18. The van der Waals surface area contributed by atoms with E-state index in [1.165, 1.54) is 7.11 Å². The number of rotatable bonds is 5. The summed E-state index contributed by atoms with van der Waals surface area (Å²) in [5.41, 5.74) is 3.78. The van der Waals surface area contributed by atoms with Crippen LogP contribution in [0, 0.1) is 13.8 Å². The summed E-state index contributed by atoms with van der Waals surface area (Å²) in [4.78, 5) is 21.2. The second-order valence-corrected chi connectivity index (χ2v) is 5.98. The summed E-state index contributed by atoms with van der Waals surface area (Å²) < 4.78 is 11.8. The maximum atomic E-state index is 12.8. The van der Waals surface area contributed by atoms with Gasteiger partial charge in [-0.3, -0.25) is 9.48 Å². The first kappa shape index (κ1) is 18.4. The average Bonchev–Trinajstić information content (AvgIpc) is 3.06. The van der Waals surface area contributed by atoms with Crippen molar-refractivity contribution in [2.24, 2.45) is 7.05 Å². The molecule has 140 valence electrons. The normalized spacial score (nSPS) is 10.6. The van der Waals surface area contributed by atoms with Gasteiger partial charge in [0, 0.05) is 12.6 Å². The zero-order valence-electron chi connectivity index (χ0n) is 15.9. The van der Waals surface area contributed by atoms with Crippen molar-refractivity contribution in [3.63, 3.8) is 0 Å². The summed E-state index contributed by atoms with van der Waals surface area (Å²) in [6, 6.07) is 9.52. The zero-order chi connectivity index (χ0) is 19.6. The van der Waals surface area contributed by atoms with Crippen molar-refractivity contribution in [3.05, 3.63) is 47.4 Å². The van der Waals surface area contributed by atoms with Gasteiger partial charge in [0.15, 0.2) is 0 Å². The highest BCUT2D eigenvalue weighted by Crippen LogP contribution is 2.24. The number of carbonyl (C=O) groups is 1. The number of anilines is 1. The molecular weight excluding hydrogens is 346 g/mol. The number of benzene rings is 1. The number of ether oxygens (including phenoxy) is 2. The van der Waals surface area contributed by atoms with Gasteiger partial charge in [-0.1, -0.05) is 12.1 Å². The molecule has 0 atom stereocenters. The molecule has 0 fully saturated rings. The van der Waals surface area contributed by atoms with Crippen LogP contribution in [0.3, 0.4) is 0 Å². The van der Waals surface area contributed by atoms with Crippen molar-refractivity contribution in [2.75, 3.05) is 19.5 Å². The number of aryl methyl sites for hydroxylation is 3. The molecule has 0 unspecified atom stereocenters. The van der Waals surface area contributed by atoms with Gasteiger partial charge in [-0.15, -0.1) is 0 Å². The molecule has 8 nitrogen and oxygen atoms in total. The topological polar surface area (TPSA) is 91.2 Å². The van der Waals surface area contributed by atoms with E-state index in [2.05, 4.69) is 20.4 Å². The third-order valence-electron chi connectivity index (χ3n) is 4.15. The van der Waals surface area contributed by atoms with Crippen molar-refractivity contribution >= 4 is 11.6 Å². The van der Waals surface area contributed by atoms with Gasteiger partial charge < -0.3 is 14.8 Å². The highest BCUT2D eigenvalue weighted by atomic mass is 16.5. The quantitative estimate of drug-likeness (QED) is 0.746. The third kappa shape index (κ3) is 3.74. The van der Waals surface area contributed by atoms with Crippen LogP contribution in [0.25, 0.3) is 11.3 Å². The maximum absolute atomic E-state index is 12.8. The van der Waals surface area contributed by atoms with Crippen molar-refractivity contribution in [1.29, 1.82) is 0 Å². The zero-order valence-corrected chi connectivity index (χ0v) is 15.9. The lowest BCUT2D eigenvalue weighted by Gasteiger charge is -2.11. The van der Waals surface area contributed by atoms with Crippen molar-refractivity contribution in [3.8, 4) is 23.0 Å². The lowest BCUT2D eigenvalue weighted by atomic mass is 10.1. The van der Waals surface area contributed by atoms with Crippen LogP contribution in [0.2, 0.25) is 0 Å². The molecule has 0 saturated carbocycles. The van der Waals surface area contributed by atoms with E-state index < -0.39 is 0 Å². The van der Waals surface area contributed by atoms with Crippen LogP contribution in [0.5, 0.6) is 11.8 Å². The number of carbonyl (C=O) groups excluding carboxylic acids is 1. The first-order valence-electron chi connectivity index (χ1n) is 8.32. The highest BCUT2D eigenvalue weighted by Gasteiger charge is 2.18. The fraction of sp³-hybridized carbons (Fsp3) is 0.263. The largest absolute Gasteiger partial charge is 0.497 e. The molecule has 0 saturated heterocycles. The minimum atomic E-state index is -0.292. The molecule has 2 heterocycles. The fourth-order valence-corrected chi connectivity index (χ4v) is 2.74. The van der Waals surface area contributed by atoms with E-state index in [0.29, 0.717) is 28.5 Å². The average molecular weight is 367 g/mol. The number of hydrogen-bond donors (Lipinski definition) is 1. The Morgan fingerprint density at radius 3 is 2.41 bits per heavy atom. The molecule has 2 aromatic heterocycles. The minimum Gasteiger partial charge on any atom is -0.497 e. The Kier molecular flexibility index (Phi) is 5.07. The van der Waals surface area contributed by atoms with E-state index in [9.17, 15) is 4.79 Å². The molecule has 0 aliphatic carbocycles. The molecule has 0 spiro atoms. The van der Waals surface area contributed by atoms with E-state index >= 15 is 0 Å². The maximum Gasteiger partial charge on any atom is 0.316 e. The molecule has 0 aliphatic heterocycles. The Morgan fingerprint density at radius 1 is 1.07 bits per heavy atom. The Bertz CT molecular complexity index is 974. The summed E-state index contributed by atoms with van der Waals surface area (Å²) in [5, 5.41) is 7.31. The molecule has 0 radical (unpaired) electrons. The van der Waals surface area contributed by atoms with Gasteiger partial charge in [0.1, 0.15) is 11.4 Å². The van der Waals surface area contributed by atoms with Gasteiger partial charge in [-0.2, -0.15) is 15.1 Å². The second-order valence-electron chi connectivity index (χ2n) is 5.98. The van der Waals surface area contributed by atoms with Gasteiger partial charge in [-0.25, -0.2) is 0 Å². The van der Waals surface area contributed by atoms with Crippen LogP contribution in [0.4, 0.5) is 5.69 Å². The summed E-state index contributed by atoms with van der Waals surface area (Å²) in [6.07, 6.45) is 0. The smallest absolute Gasteiger partial charge is 0.316 e. The van der Waals surface area contributed by atoms with E-state index in [-0.39, 0.29) is 11.9 Å². The number of nitrogens with one attached hydrogen (secondary N) is 1. The Hall–Kier alpha value is -3.42. The molecule has 0 bridgehead atoms. The van der Waals surface area contributed by atoms with Gasteiger partial charge in [0.25, 0.3) is 5.91 Å². The van der Waals surface area contributed by atoms with Crippen LogP contribution >= 0.6 is 0 Å². The number of methoxy groups -OCH3 is 2. The van der Waals surface area contributed by atoms with E-state index in [0.717, 1.165) is 11.3 Å². The molecule has 3 rings (SSSR count). The Balaban J connectivity index is 1.89. The minimum absolute atomic E-state index is 0.267. The number of hydrogen-bond acceptors (Lipinski definition) is 6. The van der Waals surface area contributed by atoms with E-state index in [1.807, 2.05) is 24.3 Å². The summed E-state index contributed by atoms with van der Waals surface area (Å²) in [6.45, 7) is 3.58. The first-order chi connectivity index (χ1) is 12.9. The molecular formula is C19H21N5O3. The van der Waals surface area contributed by atoms with Crippen molar-refractivity contribution in [1.82, 2.24) is 19.7 Å². The van der Waals surface area contributed by atoms with Gasteiger partial charge in [-0.05, 0) is 32.0 Å². The molecule has 27 heavy (non-hydrogen) atoms. The van der Waals surface area contributed by atoms with E-state index in [1.54, 1.807) is 38.8 Å². The predicted octanol–water partition coefficient (Wildman–Crippen LogP) is 2.76. The van der Waals surface area contributed by atoms with Gasteiger partial charge in [0.05, 0.1) is 37.0 Å². The van der Waals surface area contributed by atoms with Crippen LogP contribution in [0.15, 0.2) is 30.3 Å². The molecule has 1 N–H and O–H groups in total. The molecule has 0 aliphatic rings. The third-order valence-corrected chi connectivity index (χ3v) is 4.15. The van der Waals surface area contributed by atoms with Crippen LogP contribution < -0.4 is 14.8 Å². The Labute approximate surface area is 157 Å². The van der Waals surface area contributed by atoms with Crippen LogP contribution in [-0.4, -0.2) is 39.9 Å².